The Hall–Kier alpha value is -3.03. The monoisotopic (exact) mass is 392 g/mol. The number of nitrogens with one attached hydrogen (secondary N) is 2. The molecule has 8 heteroatoms. The van der Waals surface area contributed by atoms with Crippen LogP contribution in [-0.4, -0.2) is 30.0 Å². The van der Waals surface area contributed by atoms with Crippen molar-refractivity contribution >= 4 is 11.8 Å². The molecule has 0 aliphatic heterocycles. The summed E-state index contributed by atoms with van der Waals surface area (Å²) in [4.78, 5) is 24.1. The van der Waals surface area contributed by atoms with E-state index in [1.807, 2.05) is 0 Å². The molecular formula is C20H19F3N2O3. The summed E-state index contributed by atoms with van der Waals surface area (Å²) in [6.45, 7) is 0.356. The van der Waals surface area contributed by atoms with E-state index in [0.29, 0.717) is 12.0 Å². The summed E-state index contributed by atoms with van der Waals surface area (Å²) in [7, 11) is 0. The van der Waals surface area contributed by atoms with Crippen LogP contribution < -0.4 is 10.6 Å². The summed E-state index contributed by atoms with van der Waals surface area (Å²) in [5, 5.41) is 14.5. The Morgan fingerprint density at radius 1 is 1.00 bits per heavy atom. The molecule has 0 bridgehead atoms. The molecule has 0 aromatic heterocycles. The van der Waals surface area contributed by atoms with Crippen LogP contribution in [0.25, 0.3) is 0 Å². The van der Waals surface area contributed by atoms with Crippen molar-refractivity contribution in [2.75, 3.05) is 13.1 Å². The van der Waals surface area contributed by atoms with Crippen molar-refractivity contribution < 1.29 is 27.9 Å². The van der Waals surface area contributed by atoms with Crippen molar-refractivity contribution in [2.24, 2.45) is 5.92 Å². The molecule has 1 aliphatic rings. The standard InChI is InChI=1S/C20H19F3N2O3/c21-20(22,23)17-4-2-1-3-14(17)15-11-16(15)19(28)25-10-9-24-18(27)12-5-7-13(26)8-6-12/h1-8,15-16,26H,9-11H2,(H,24,27)(H,25,28). The predicted molar refractivity (Wildman–Crippen MR) is 95.7 cm³/mol. The van der Waals surface area contributed by atoms with Crippen molar-refractivity contribution in [3.63, 3.8) is 0 Å². The molecule has 3 rings (SSSR count). The van der Waals surface area contributed by atoms with Crippen LogP contribution in [0.15, 0.2) is 48.5 Å². The Labute approximate surface area is 159 Å². The smallest absolute Gasteiger partial charge is 0.416 e. The number of phenolic OH excluding ortho intramolecular Hbond substituents is 1. The minimum atomic E-state index is -4.45. The first-order valence-electron chi connectivity index (χ1n) is 8.78. The van der Waals surface area contributed by atoms with Gasteiger partial charge in [-0.25, -0.2) is 0 Å². The first-order valence-corrected chi connectivity index (χ1v) is 8.78. The Kier molecular flexibility index (Phi) is 5.58. The van der Waals surface area contributed by atoms with Gasteiger partial charge >= 0.3 is 6.18 Å². The van der Waals surface area contributed by atoms with Gasteiger partial charge in [0.1, 0.15) is 5.75 Å². The second kappa shape index (κ2) is 7.92. The molecular weight excluding hydrogens is 373 g/mol. The van der Waals surface area contributed by atoms with Crippen LogP contribution in [0, 0.1) is 5.92 Å². The van der Waals surface area contributed by atoms with Gasteiger partial charge in [0.25, 0.3) is 5.91 Å². The third-order valence-corrected chi connectivity index (χ3v) is 4.63. The van der Waals surface area contributed by atoms with Gasteiger partial charge in [-0.05, 0) is 48.2 Å². The topological polar surface area (TPSA) is 78.4 Å². The number of hydrogen-bond donors (Lipinski definition) is 3. The molecule has 0 radical (unpaired) electrons. The summed E-state index contributed by atoms with van der Waals surface area (Å²) in [5.74, 6) is -1.55. The van der Waals surface area contributed by atoms with Crippen molar-refractivity contribution in [3.05, 3.63) is 65.2 Å². The second-order valence-corrected chi connectivity index (χ2v) is 6.63. The highest BCUT2D eigenvalue weighted by Crippen LogP contribution is 2.50. The lowest BCUT2D eigenvalue weighted by Gasteiger charge is -2.12. The molecule has 148 valence electrons. The minimum Gasteiger partial charge on any atom is -0.508 e. The SMILES string of the molecule is O=C(NCCNC(=O)C1CC1c1ccccc1C(F)(F)F)c1ccc(O)cc1. The summed E-state index contributed by atoms with van der Waals surface area (Å²) in [5.41, 5.74) is -0.178. The molecule has 1 fully saturated rings. The summed E-state index contributed by atoms with van der Waals surface area (Å²) in [6.07, 6.45) is -4.07. The highest BCUT2D eigenvalue weighted by Gasteiger charge is 2.47. The van der Waals surface area contributed by atoms with Gasteiger partial charge in [-0.15, -0.1) is 0 Å². The third kappa shape index (κ3) is 4.62. The summed E-state index contributed by atoms with van der Waals surface area (Å²) in [6, 6.07) is 11.0. The van der Waals surface area contributed by atoms with Gasteiger partial charge in [-0.3, -0.25) is 9.59 Å². The van der Waals surface area contributed by atoms with Crippen molar-refractivity contribution in [1.29, 1.82) is 0 Å². The molecule has 2 aromatic rings. The molecule has 2 atom stereocenters. The number of aromatic hydroxyl groups is 1. The normalized spacial score (nSPS) is 18.4. The number of carbonyl (C=O) groups is 2. The molecule has 28 heavy (non-hydrogen) atoms. The maximum absolute atomic E-state index is 13.1. The fourth-order valence-corrected chi connectivity index (χ4v) is 3.11. The van der Waals surface area contributed by atoms with E-state index in [2.05, 4.69) is 10.6 Å². The van der Waals surface area contributed by atoms with Crippen LogP contribution >= 0.6 is 0 Å². The van der Waals surface area contributed by atoms with Crippen LogP contribution in [0.3, 0.4) is 0 Å². The lowest BCUT2D eigenvalue weighted by atomic mass is 10.0. The van der Waals surface area contributed by atoms with E-state index in [1.165, 1.54) is 42.5 Å². The summed E-state index contributed by atoms with van der Waals surface area (Å²) < 4.78 is 39.3. The van der Waals surface area contributed by atoms with Gasteiger partial charge in [0.05, 0.1) is 5.56 Å². The zero-order valence-electron chi connectivity index (χ0n) is 14.8. The maximum Gasteiger partial charge on any atom is 0.416 e. The minimum absolute atomic E-state index is 0.0508. The van der Waals surface area contributed by atoms with Gasteiger partial charge in [0.2, 0.25) is 5.91 Å². The molecule has 1 saturated carbocycles. The first kappa shape index (κ1) is 19.7. The molecule has 2 amide bonds. The predicted octanol–water partition coefficient (Wildman–Crippen LogP) is 3.06. The number of carbonyl (C=O) groups excluding carboxylic acids is 2. The van der Waals surface area contributed by atoms with Gasteiger partial charge in [-0.2, -0.15) is 13.2 Å². The Morgan fingerprint density at radius 2 is 1.64 bits per heavy atom. The van der Waals surface area contributed by atoms with Gasteiger partial charge < -0.3 is 15.7 Å². The van der Waals surface area contributed by atoms with Crippen LogP contribution in [0.1, 0.15) is 33.8 Å². The number of hydrogen-bond acceptors (Lipinski definition) is 3. The highest BCUT2D eigenvalue weighted by atomic mass is 19.4. The van der Waals surface area contributed by atoms with E-state index in [-0.39, 0.29) is 36.2 Å². The highest BCUT2D eigenvalue weighted by molar-refractivity contribution is 5.94. The van der Waals surface area contributed by atoms with Gasteiger partial charge in [-0.1, -0.05) is 18.2 Å². The lowest BCUT2D eigenvalue weighted by Crippen LogP contribution is -2.35. The zero-order valence-corrected chi connectivity index (χ0v) is 14.8. The van der Waals surface area contributed by atoms with Crippen LogP contribution in [-0.2, 0) is 11.0 Å². The average Bonchev–Trinajstić information content (AvgIpc) is 3.45. The Bertz CT molecular complexity index is 866. The largest absolute Gasteiger partial charge is 0.508 e. The van der Waals surface area contributed by atoms with E-state index >= 15 is 0 Å². The first-order chi connectivity index (χ1) is 13.3. The fourth-order valence-electron chi connectivity index (χ4n) is 3.11. The molecule has 2 unspecified atom stereocenters. The van der Waals surface area contributed by atoms with E-state index in [9.17, 15) is 27.9 Å². The van der Waals surface area contributed by atoms with E-state index < -0.39 is 23.6 Å². The fraction of sp³-hybridized carbons (Fsp3) is 0.300. The number of benzene rings is 2. The lowest BCUT2D eigenvalue weighted by molar-refractivity contribution is -0.138. The molecule has 2 aromatic carbocycles. The average molecular weight is 392 g/mol. The van der Waals surface area contributed by atoms with E-state index in [0.717, 1.165) is 6.07 Å². The van der Waals surface area contributed by atoms with Crippen LogP contribution in [0.4, 0.5) is 13.2 Å². The zero-order chi connectivity index (χ0) is 20.3. The number of rotatable bonds is 6. The number of halogens is 3. The summed E-state index contributed by atoms with van der Waals surface area (Å²) >= 11 is 0. The second-order valence-electron chi connectivity index (χ2n) is 6.63. The van der Waals surface area contributed by atoms with E-state index in [1.54, 1.807) is 0 Å². The Balaban J connectivity index is 1.46. The number of phenols is 1. The van der Waals surface area contributed by atoms with Crippen molar-refractivity contribution in [1.82, 2.24) is 10.6 Å². The van der Waals surface area contributed by atoms with Gasteiger partial charge in [0.15, 0.2) is 0 Å². The van der Waals surface area contributed by atoms with Crippen molar-refractivity contribution in [2.45, 2.75) is 18.5 Å². The van der Waals surface area contributed by atoms with E-state index in [4.69, 9.17) is 0 Å². The molecule has 5 nitrogen and oxygen atoms in total. The maximum atomic E-state index is 13.1. The molecule has 0 saturated heterocycles. The van der Waals surface area contributed by atoms with Crippen LogP contribution in [0.5, 0.6) is 5.75 Å². The van der Waals surface area contributed by atoms with Gasteiger partial charge in [0, 0.05) is 24.6 Å². The number of amides is 2. The number of alkyl halides is 3. The molecule has 1 aliphatic carbocycles. The molecule has 0 spiro atoms. The third-order valence-electron chi connectivity index (χ3n) is 4.63. The quantitative estimate of drug-likeness (QED) is 0.661. The molecule has 0 heterocycles. The van der Waals surface area contributed by atoms with Crippen molar-refractivity contribution in [3.8, 4) is 5.75 Å². The molecule has 3 N–H and O–H groups in total. The van der Waals surface area contributed by atoms with Crippen LogP contribution in [0.2, 0.25) is 0 Å². The Morgan fingerprint density at radius 3 is 2.32 bits per heavy atom.